The summed E-state index contributed by atoms with van der Waals surface area (Å²) in [6, 6.07) is 0. The van der Waals surface area contributed by atoms with Crippen molar-refractivity contribution in [2.45, 2.75) is 45.4 Å². The molecule has 0 aliphatic heterocycles. The molecule has 4 rings (SSSR count). The zero-order valence-electron chi connectivity index (χ0n) is 11.7. The van der Waals surface area contributed by atoms with E-state index in [4.69, 9.17) is 0 Å². The second-order valence-corrected chi connectivity index (χ2v) is 6.83. The van der Waals surface area contributed by atoms with Crippen LogP contribution in [0, 0.1) is 23.2 Å². The Morgan fingerprint density at radius 1 is 1.00 bits per heavy atom. The molecule has 4 aliphatic carbocycles. The summed E-state index contributed by atoms with van der Waals surface area (Å²) in [5, 5.41) is 5.59. The quantitative estimate of drug-likeness (QED) is 0.807. The normalized spacial score (nSPS) is 39.1. The Balaban J connectivity index is 1.61. The molecule has 4 saturated carbocycles. The predicted octanol–water partition coefficient (Wildman–Crippen LogP) is 1.46. The van der Waals surface area contributed by atoms with Gasteiger partial charge in [-0.05, 0) is 63.2 Å². The van der Waals surface area contributed by atoms with Crippen LogP contribution in [0.3, 0.4) is 0 Å². The van der Waals surface area contributed by atoms with Crippen LogP contribution in [0.1, 0.15) is 45.4 Å². The summed E-state index contributed by atoms with van der Waals surface area (Å²) >= 11 is 0. The van der Waals surface area contributed by atoms with Gasteiger partial charge in [0.05, 0.1) is 6.54 Å². The van der Waals surface area contributed by atoms with Crippen molar-refractivity contribution in [3.05, 3.63) is 0 Å². The summed E-state index contributed by atoms with van der Waals surface area (Å²) in [4.78, 5) is 24.0. The molecule has 4 fully saturated rings. The van der Waals surface area contributed by atoms with E-state index in [1.165, 1.54) is 19.3 Å². The molecule has 2 N–H and O–H groups in total. The molecule has 0 heterocycles. The van der Waals surface area contributed by atoms with Crippen molar-refractivity contribution in [3.63, 3.8) is 0 Å². The average Bonchev–Trinajstić information content (AvgIpc) is 2.34. The van der Waals surface area contributed by atoms with Gasteiger partial charge in [-0.3, -0.25) is 9.59 Å². The molecule has 0 radical (unpaired) electrons. The van der Waals surface area contributed by atoms with E-state index in [2.05, 4.69) is 10.6 Å². The predicted molar refractivity (Wildman–Crippen MR) is 72.3 cm³/mol. The largest absolute Gasteiger partial charge is 0.355 e. The molecular formula is C15H24N2O2. The second-order valence-electron chi connectivity index (χ2n) is 6.83. The van der Waals surface area contributed by atoms with Crippen molar-refractivity contribution in [1.82, 2.24) is 10.6 Å². The van der Waals surface area contributed by atoms with Crippen LogP contribution in [0.15, 0.2) is 0 Å². The molecule has 4 bridgehead atoms. The minimum absolute atomic E-state index is 0.0828. The zero-order chi connectivity index (χ0) is 13.5. The molecule has 0 unspecified atom stereocenters. The SMILES string of the molecule is CCNC(=O)CNC(=O)C12CC3CC(CC(C3)C1)C2. The summed E-state index contributed by atoms with van der Waals surface area (Å²) in [6.07, 6.45) is 7.18. The summed E-state index contributed by atoms with van der Waals surface area (Å²) in [5.74, 6) is 2.35. The highest BCUT2D eigenvalue weighted by Crippen LogP contribution is 2.60. The first-order valence-corrected chi connectivity index (χ1v) is 7.66. The number of amides is 2. The number of hydrogen-bond acceptors (Lipinski definition) is 2. The number of carbonyl (C=O) groups excluding carboxylic acids is 2. The first kappa shape index (κ1) is 12.9. The highest BCUT2D eigenvalue weighted by Gasteiger charge is 2.54. The Morgan fingerprint density at radius 2 is 1.53 bits per heavy atom. The maximum absolute atomic E-state index is 12.5. The van der Waals surface area contributed by atoms with Crippen molar-refractivity contribution < 1.29 is 9.59 Å². The van der Waals surface area contributed by atoms with Crippen molar-refractivity contribution in [2.75, 3.05) is 13.1 Å². The molecule has 0 aromatic carbocycles. The maximum atomic E-state index is 12.5. The molecule has 0 saturated heterocycles. The third kappa shape index (κ3) is 2.37. The molecular weight excluding hydrogens is 240 g/mol. The van der Waals surface area contributed by atoms with Gasteiger partial charge in [-0.25, -0.2) is 0 Å². The lowest BCUT2D eigenvalue weighted by atomic mass is 9.49. The van der Waals surface area contributed by atoms with Gasteiger partial charge in [0.2, 0.25) is 11.8 Å². The molecule has 4 aliphatic rings. The van der Waals surface area contributed by atoms with E-state index in [-0.39, 0.29) is 23.8 Å². The van der Waals surface area contributed by atoms with Gasteiger partial charge >= 0.3 is 0 Å². The van der Waals surface area contributed by atoms with Crippen molar-refractivity contribution in [3.8, 4) is 0 Å². The van der Waals surface area contributed by atoms with Crippen LogP contribution in [0.25, 0.3) is 0 Å². The summed E-state index contributed by atoms with van der Waals surface area (Å²) in [7, 11) is 0. The molecule has 4 heteroatoms. The Labute approximate surface area is 114 Å². The van der Waals surface area contributed by atoms with Crippen LogP contribution >= 0.6 is 0 Å². The fourth-order valence-electron chi connectivity index (χ4n) is 5.00. The van der Waals surface area contributed by atoms with E-state index in [1.807, 2.05) is 6.92 Å². The standard InChI is InChI=1S/C15H24N2O2/c1-2-16-13(18)9-17-14(19)15-6-10-3-11(7-15)5-12(4-10)8-15/h10-12H,2-9H2,1H3,(H,16,18)(H,17,19). The molecule has 2 amide bonds. The van der Waals surface area contributed by atoms with E-state index >= 15 is 0 Å². The van der Waals surface area contributed by atoms with E-state index in [1.54, 1.807) is 0 Å². The molecule has 0 atom stereocenters. The van der Waals surface area contributed by atoms with Crippen molar-refractivity contribution in [2.24, 2.45) is 23.2 Å². The lowest BCUT2D eigenvalue weighted by Gasteiger charge is -2.55. The van der Waals surface area contributed by atoms with Gasteiger partial charge in [-0.2, -0.15) is 0 Å². The molecule has 19 heavy (non-hydrogen) atoms. The van der Waals surface area contributed by atoms with Crippen LogP contribution in [-0.2, 0) is 9.59 Å². The van der Waals surface area contributed by atoms with Crippen molar-refractivity contribution >= 4 is 11.8 Å². The summed E-state index contributed by atoms with van der Waals surface area (Å²) < 4.78 is 0. The second kappa shape index (κ2) is 4.80. The highest BCUT2D eigenvalue weighted by atomic mass is 16.2. The molecule has 0 aromatic heterocycles. The van der Waals surface area contributed by atoms with Gasteiger partial charge in [0.25, 0.3) is 0 Å². The summed E-state index contributed by atoms with van der Waals surface area (Å²) in [5.41, 5.74) is -0.138. The lowest BCUT2D eigenvalue weighted by Crippen LogP contribution is -2.54. The third-order valence-electron chi connectivity index (χ3n) is 5.30. The fraction of sp³-hybridized carbons (Fsp3) is 0.867. The van der Waals surface area contributed by atoms with Gasteiger partial charge in [0.1, 0.15) is 0 Å². The van der Waals surface area contributed by atoms with Crippen molar-refractivity contribution in [1.29, 1.82) is 0 Å². The van der Waals surface area contributed by atoms with E-state index in [0.29, 0.717) is 6.54 Å². The smallest absolute Gasteiger partial charge is 0.239 e. The van der Waals surface area contributed by atoms with Crippen LogP contribution in [-0.4, -0.2) is 24.9 Å². The van der Waals surface area contributed by atoms with Gasteiger partial charge in [0, 0.05) is 12.0 Å². The monoisotopic (exact) mass is 264 g/mol. The number of rotatable bonds is 4. The highest BCUT2D eigenvalue weighted by molar-refractivity contribution is 5.88. The minimum atomic E-state index is -0.138. The first-order chi connectivity index (χ1) is 9.11. The lowest BCUT2D eigenvalue weighted by molar-refractivity contribution is -0.147. The van der Waals surface area contributed by atoms with Crippen LogP contribution < -0.4 is 10.6 Å². The minimum Gasteiger partial charge on any atom is -0.355 e. The molecule has 106 valence electrons. The van der Waals surface area contributed by atoms with Crippen LogP contribution in [0.2, 0.25) is 0 Å². The number of likely N-dealkylation sites (N-methyl/N-ethyl adjacent to an activating group) is 1. The van der Waals surface area contributed by atoms with E-state index < -0.39 is 0 Å². The third-order valence-corrected chi connectivity index (χ3v) is 5.30. The first-order valence-electron chi connectivity index (χ1n) is 7.66. The number of nitrogens with one attached hydrogen (secondary N) is 2. The number of carbonyl (C=O) groups is 2. The Kier molecular flexibility index (Phi) is 3.27. The van der Waals surface area contributed by atoms with Crippen LogP contribution in [0.4, 0.5) is 0 Å². The van der Waals surface area contributed by atoms with Gasteiger partial charge in [0.15, 0.2) is 0 Å². The molecule has 0 spiro atoms. The summed E-state index contributed by atoms with van der Waals surface area (Å²) in [6.45, 7) is 2.64. The number of hydrogen-bond donors (Lipinski definition) is 2. The van der Waals surface area contributed by atoms with E-state index in [9.17, 15) is 9.59 Å². The Morgan fingerprint density at radius 3 is 2.00 bits per heavy atom. The van der Waals surface area contributed by atoms with Crippen LogP contribution in [0.5, 0.6) is 0 Å². The molecule has 4 nitrogen and oxygen atoms in total. The zero-order valence-corrected chi connectivity index (χ0v) is 11.7. The maximum Gasteiger partial charge on any atom is 0.239 e. The Bertz CT molecular complexity index is 356. The van der Waals surface area contributed by atoms with E-state index in [0.717, 1.165) is 37.0 Å². The average molecular weight is 264 g/mol. The van der Waals surface area contributed by atoms with Gasteiger partial charge in [-0.1, -0.05) is 0 Å². The topological polar surface area (TPSA) is 58.2 Å². The Hall–Kier alpha value is -1.06. The van der Waals surface area contributed by atoms with Gasteiger partial charge < -0.3 is 10.6 Å². The van der Waals surface area contributed by atoms with Gasteiger partial charge in [-0.15, -0.1) is 0 Å². The fourth-order valence-corrected chi connectivity index (χ4v) is 5.00. The molecule has 0 aromatic rings.